The van der Waals surface area contributed by atoms with Crippen LogP contribution in [-0.2, 0) is 0 Å². The first-order chi connectivity index (χ1) is 9.13. The van der Waals surface area contributed by atoms with E-state index in [4.69, 9.17) is 16.2 Å². The van der Waals surface area contributed by atoms with Crippen molar-refractivity contribution in [3.8, 4) is 0 Å². The van der Waals surface area contributed by atoms with Gasteiger partial charge in [0.2, 0.25) is 0 Å². The van der Waals surface area contributed by atoms with E-state index in [1.807, 2.05) is 18.2 Å². The summed E-state index contributed by atoms with van der Waals surface area (Å²) < 4.78 is 0.982. The highest BCUT2D eigenvalue weighted by molar-refractivity contribution is 9.10. The molecule has 0 spiro atoms. The van der Waals surface area contributed by atoms with E-state index in [1.165, 1.54) is 12.8 Å². The van der Waals surface area contributed by atoms with Crippen LogP contribution in [0.1, 0.15) is 31.2 Å². The Labute approximate surface area is 122 Å². The van der Waals surface area contributed by atoms with Crippen LogP contribution < -0.4 is 10.6 Å². The van der Waals surface area contributed by atoms with E-state index in [2.05, 4.69) is 20.8 Å². The summed E-state index contributed by atoms with van der Waals surface area (Å²) in [5, 5.41) is 16.4. The molecule has 0 aromatic heterocycles. The molecule has 0 amide bonds. The van der Waals surface area contributed by atoms with Crippen LogP contribution in [0.5, 0.6) is 0 Å². The van der Waals surface area contributed by atoms with Gasteiger partial charge < -0.3 is 15.7 Å². The molecule has 0 radical (unpaired) electrons. The van der Waals surface area contributed by atoms with Crippen LogP contribution in [0.2, 0.25) is 0 Å². The van der Waals surface area contributed by atoms with Crippen LogP contribution in [0, 0.1) is 5.41 Å². The SMILES string of the molecule is N=C(N)c1ccc(N2CCCC2CCCO)c(Br)c1. The van der Waals surface area contributed by atoms with Crippen molar-refractivity contribution in [3.63, 3.8) is 0 Å². The number of anilines is 1. The molecule has 1 aromatic rings. The molecule has 0 saturated carbocycles. The van der Waals surface area contributed by atoms with E-state index in [9.17, 15) is 0 Å². The lowest BCUT2D eigenvalue weighted by Gasteiger charge is -2.28. The summed E-state index contributed by atoms with van der Waals surface area (Å²) in [6.07, 6.45) is 4.25. The maximum atomic E-state index is 8.97. The smallest absolute Gasteiger partial charge is 0.122 e. The van der Waals surface area contributed by atoms with Gasteiger partial charge >= 0.3 is 0 Å². The quantitative estimate of drug-likeness (QED) is 0.575. The van der Waals surface area contributed by atoms with E-state index in [0.29, 0.717) is 6.04 Å². The predicted molar refractivity (Wildman–Crippen MR) is 81.8 cm³/mol. The van der Waals surface area contributed by atoms with E-state index in [1.54, 1.807) is 0 Å². The molecule has 2 rings (SSSR count). The summed E-state index contributed by atoms with van der Waals surface area (Å²) in [5.74, 6) is 0.0884. The summed E-state index contributed by atoms with van der Waals surface area (Å²) in [4.78, 5) is 2.39. The molecule has 0 aliphatic carbocycles. The third-order valence-electron chi connectivity index (χ3n) is 3.64. The largest absolute Gasteiger partial charge is 0.396 e. The Kier molecular flexibility index (Phi) is 4.82. The lowest BCUT2D eigenvalue weighted by molar-refractivity contribution is 0.279. The Balaban J connectivity index is 2.18. The van der Waals surface area contributed by atoms with Gasteiger partial charge in [-0.25, -0.2) is 0 Å². The topological polar surface area (TPSA) is 73.3 Å². The maximum Gasteiger partial charge on any atom is 0.122 e. The maximum absolute atomic E-state index is 8.97. The Hall–Kier alpha value is -1.07. The zero-order valence-corrected chi connectivity index (χ0v) is 12.5. The molecule has 19 heavy (non-hydrogen) atoms. The number of aliphatic hydroxyl groups excluding tert-OH is 1. The highest BCUT2D eigenvalue weighted by Crippen LogP contribution is 2.34. The minimum absolute atomic E-state index is 0.0884. The van der Waals surface area contributed by atoms with Crippen molar-refractivity contribution in [1.82, 2.24) is 0 Å². The standard InChI is InChI=1S/C14H20BrN3O/c15-12-9-10(14(16)17)5-6-13(12)18-7-1-3-11(18)4-2-8-19/h5-6,9,11,19H,1-4,7-8H2,(H3,16,17). The third-order valence-corrected chi connectivity index (χ3v) is 4.28. The van der Waals surface area contributed by atoms with Gasteiger partial charge in [0.15, 0.2) is 0 Å². The number of rotatable bonds is 5. The van der Waals surface area contributed by atoms with Crippen LogP contribution in [-0.4, -0.2) is 30.1 Å². The van der Waals surface area contributed by atoms with Gasteiger partial charge in [-0.15, -0.1) is 0 Å². The van der Waals surface area contributed by atoms with Gasteiger partial charge in [-0.2, -0.15) is 0 Å². The molecular formula is C14H20BrN3O. The number of hydrogen-bond acceptors (Lipinski definition) is 3. The van der Waals surface area contributed by atoms with Crippen molar-refractivity contribution in [2.75, 3.05) is 18.1 Å². The van der Waals surface area contributed by atoms with Crippen LogP contribution in [0.3, 0.4) is 0 Å². The Morgan fingerprint density at radius 2 is 2.32 bits per heavy atom. The number of nitrogens with two attached hydrogens (primary N) is 1. The fourth-order valence-electron chi connectivity index (χ4n) is 2.69. The number of hydrogen-bond donors (Lipinski definition) is 3. The molecule has 1 atom stereocenters. The van der Waals surface area contributed by atoms with Crippen molar-refractivity contribution in [3.05, 3.63) is 28.2 Å². The van der Waals surface area contributed by atoms with Crippen molar-refractivity contribution in [1.29, 1.82) is 5.41 Å². The van der Waals surface area contributed by atoms with Crippen molar-refractivity contribution in [2.45, 2.75) is 31.7 Å². The molecule has 1 unspecified atom stereocenters. The van der Waals surface area contributed by atoms with E-state index in [0.717, 1.165) is 35.1 Å². The Morgan fingerprint density at radius 3 is 2.95 bits per heavy atom. The molecule has 1 aliphatic rings. The highest BCUT2D eigenvalue weighted by atomic mass is 79.9. The summed E-state index contributed by atoms with van der Waals surface area (Å²) >= 11 is 3.58. The fourth-order valence-corrected chi connectivity index (χ4v) is 3.29. The molecule has 4 N–H and O–H groups in total. The Morgan fingerprint density at radius 1 is 1.53 bits per heavy atom. The normalized spacial score (nSPS) is 18.8. The highest BCUT2D eigenvalue weighted by Gasteiger charge is 2.25. The number of amidine groups is 1. The summed E-state index contributed by atoms with van der Waals surface area (Å²) in [6, 6.07) is 6.33. The molecule has 1 aromatic carbocycles. The number of nitrogen functional groups attached to an aromatic ring is 1. The molecule has 1 saturated heterocycles. The summed E-state index contributed by atoms with van der Waals surface area (Å²) in [5.41, 5.74) is 7.40. The van der Waals surface area contributed by atoms with Crippen LogP contribution >= 0.6 is 15.9 Å². The van der Waals surface area contributed by atoms with Gasteiger partial charge in [-0.3, -0.25) is 5.41 Å². The second-order valence-corrected chi connectivity index (χ2v) is 5.79. The molecule has 4 nitrogen and oxygen atoms in total. The van der Waals surface area contributed by atoms with Gasteiger partial charge in [0.05, 0.1) is 5.69 Å². The van der Waals surface area contributed by atoms with Gasteiger partial charge in [-0.05, 0) is 59.8 Å². The minimum atomic E-state index is 0.0884. The number of benzene rings is 1. The first-order valence-corrected chi connectivity index (χ1v) is 7.44. The first-order valence-electron chi connectivity index (χ1n) is 6.65. The number of halogens is 1. The first kappa shape index (κ1) is 14.3. The number of nitrogens with one attached hydrogen (secondary N) is 1. The van der Waals surface area contributed by atoms with Crippen LogP contribution in [0.4, 0.5) is 5.69 Å². The van der Waals surface area contributed by atoms with Crippen molar-refractivity contribution in [2.24, 2.45) is 5.73 Å². The van der Waals surface area contributed by atoms with Gasteiger partial charge in [0, 0.05) is 29.2 Å². The molecule has 1 heterocycles. The number of nitrogens with zero attached hydrogens (tertiary/aromatic N) is 1. The lowest BCUT2D eigenvalue weighted by Crippen LogP contribution is -2.29. The third kappa shape index (κ3) is 3.28. The van der Waals surface area contributed by atoms with Gasteiger partial charge in [0.25, 0.3) is 0 Å². The van der Waals surface area contributed by atoms with Crippen molar-refractivity contribution >= 4 is 27.5 Å². The zero-order valence-electron chi connectivity index (χ0n) is 10.9. The molecule has 104 valence electrons. The molecular weight excluding hydrogens is 306 g/mol. The van der Waals surface area contributed by atoms with E-state index < -0.39 is 0 Å². The second kappa shape index (κ2) is 6.39. The Bertz CT molecular complexity index is 464. The average molecular weight is 326 g/mol. The molecule has 1 fully saturated rings. The summed E-state index contributed by atoms with van der Waals surface area (Å²) in [6.45, 7) is 1.31. The average Bonchev–Trinajstić information content (AvgIpc) is 2.84. The fraction of sp³-hybridized carbons (Fsp3) is 0.500. The summed E-state index contributed by atoms with van der Waals surface area (Å²) in [7, 11) is 0. The van der Waals surface area contributed by atoms with Crippen LogP contribution in [0.25, 0.3) is 0 Å². The number of aliphatic hydroxyl groups is 1. The second-order valence-electron chi connectivity index (χ2n) is 4.94. The van der Waals surface area contributed by atoms with Gasteiger partial charge in [-0.1, -0.05) is 0 Å². The van der Waals surface area contributed by atoms with E-state index >= 15 is 0 Å². The molecule has 0 bridgehead atoms. The minimum Gasteiger partial charge on any atom is -0.396 e. The van der Waals surface area contributed by atoms with Gasteiger partial charge in [0.1, 0.15) is 5.84 Å². The predicted octanol–water partition coefficient (Wildman–Crippen LogP) is 2.47. The molecule has 5 heteroatoms. The van der Waals surface area contributed by atoms with Crippen LogP contribution in [0.15, 0.2) is 22.7 Å². The molecule has 1 aliphatic heterocycles. The van der Waals surface area contributed by atoms with Crippen molar-refractivity contribution < 1.29 is 5.11 Å². The monoisotopic (exact) mass is 325 g/mol. The lowest BCUT2D eigenvalue weighted by atomic mass is 10.1. The van der Waals surface area contributed by atoms with E-state index in [-0.39, 0.29) is 12.4 Å². The zero-order chi connectivity index (χ0) is 13.8.